The summed E-state index contributed by atoms with van der Waals surface area (Å²) in [6, 6.07) is 11.1. The number of pyridine rings is 1. The van der Waals surface area contributed by atoms with Crippen LogP contribution in [0.1, 0.15) is 52.0 Å². The van der Waals surface area contributed by atoms with Crippen molar-refractivity contribution < 1.29 is 42.3 Å². The Kier molecular flexibility index (Phi) is 10.0. The van der Waals surface area contributed by atoms with Crippen molar-refractivity contribution in [3.05, 3.63) is 76.6 Å². The van der Waals surface area contributed by atoms with Crippen LogP contribution < -0.4 is 15.1 Å². The van der Waals surface area contributed by atoms with Crippen LogP contribution >= 0.6 is 11.6 Å². The molecule has 3 fully saturated rings. The molecule has 2 aromatic carbocycles. The molecule has 6 amide bonds. The number of anilines is 2. The van der Waals surface area contributed by atoms with Crippen LogP contribution in [0.2, 0.25) is 5.02 Å². The number of halogens is 3. The van der Waals surface area contributed by atoms with E-state index >= 15 is 0 Å². The highest BCUT2D eigenvalue weighted by Crippen LogP contribution is 2.37. The number of alkyl halides is 2. The molecule has 0 saturated carbocycles. The van der Waals surface area contributed by atoms with Gasteiger partial charge < -0.3 is 24.4 Å². The number of imide groups is 2. The number of ether oxygens (including phenoxy) is 1. The van der Waals surface area contributed by atoms with Gasteiger partial charge in [0.25, 0.3) is 11.8 Å². The third kappa shape index (κ3) is 6.98. The summed E-state index contributed by atoms with van der Waals surface area (Å²) in [4.78, 5) is 90.1. The SMILES string of the molecule is O=C1CCC(N2C(=O)c3ccc(N4CCC(OCC(=O)N5CCN(c6cccc(-c7cnc8[nH]cc(CC(F)F)c8c7Cl)c6)C(=O)C5)CC4)cc3C2=O)C(=O)N1. The first-order chi connectivity index (χ1) is 27.0. The molecule has 2 N–H and O–H groups in total. The zero-order chi connectivity index (χ0) is 39.2. The largest absolute Gasteiger partial charge is 0.371 e. The number of piperazine rings is 1. The van der Waals surface area contributed by atoms with E-state index in [0.717, 1.165) is 10.6 Å². The first-order valence-corrected chi connectivity index (χ1v) is 18.7. The van der Waals surface area contributed by atoms with Gasteiger partial charge >= 0.3 is 0 Å². The predicted molar refractivity (Wildman–Crippen MR) is 199 cm³/mol. The minimum atomic E-state index is -2.55. The van der Waals surface area contributed by atoms with Crippen molar-refractivity contribution in [1.82, 2.24) is 25.1 Å². The summed E-state index contributed by atoms with van der Waals surface area (Å²) in [5.74, 6) is -2.79. The average Bonchev–Trinajstić information content (AvgIpc) is 3.70. The van der Waals surface area contributed by atoms with Gasteiger partial charge in [0.1, 0.15) is 24.8 Å². The topological polar surface area (TPSA) is 165 Å². The fourth-order valence-electron chi connectivity index (χ4n) is 7.86. The minimum Gasteiger partial charge on any atom is -0.371 e. The molecule has 4 aromatic rings. The summed E-state index contributed by atoms with van der Waals surface area (Å²) in [5, 5.41) is 2.92. The lowest BCUT2D eigenvalue weighted by molar-refractivity contribution is -0.142. The lowest BCUT2D eigenvalue weighted by Gasteiger charge is -2.36. The van der Waals surface area contributed by atoms with Crippen molar-refractivity contribution in [2.24, 2.45) is 0 Å². The van der Waals surface area contributed by atoms with Crippen LogP contribution in [0.4, 0.5) is 20.2 Å². The van der Waals surface area contributed by atoms with Crippen molar-refractivity contribution in [3.63, 3.8) is 0 Å². The van der Waals surface area contributed by atoms with E-state index in [1.807, 2.05) is 0 Å². The van der Waals surface area contributed by atoms with Gasteiger partial charge in [0.15, 0.2) is 0 Å². The van der Waals surface area contributed by atoms with E-state index in [-0.39, 0.29) is 66.6 Å². The second-order valence-corrected chi connectivity index (χ2v) is 14.6. The molecule has 3 saturated heterocycles. The Morgan fingerprint density at radius 3 is 2.46 bits per heavy atom. The van der Waals surface area contributed by atoms with Gasteiger partial charge in [-0.3, -0.25) is 39.0 Å². The van der Waals surface area contributed by atoms with Crippen molar-refractivity contribution >= 4 is 69.5 Å². The number of nitrogens with zero attached hydrogens (tertiary/aromatic N) is 5. The number of H-pyrrole nitrogens is 1. The maximum Gasteiger partial charge on any atom is 0.262 e. The molecule has 56 heavy (non-hydrogen) atoms. The number of carbonyl (C=O) groups is 6. The third-order valence-electron chi connectivity index (χ3n) is 10.8. The van der Waals surface area contributed by atoms with Crippen LogP contribution in [-0.4, -0.2) is 113 Å². The molecule has 6 heterocycles. The first-order valence-electron chi connectivity index (χ1n) is 18.3. The van der Waals surface area contributed by atoms with E-state index in [9.17, 15) is 37.5 Å². The Labute approximate surface area is 323 Å². The van der Waals surface area contributed by atoms with E-state index < -0.39 is 42.5 Å². The summed E-state index contributed by atoms with van der Waals surface area (Å²) in [7, 11) is 0. The van der Waals surface area contributed by atoms with Gasteiger partial charge in [-0.15, -0.1) is 0 Å². The Morgan fingerprint density at radius 1 is 0.929 bits per heavy atom. The van der Waals surface area contributed by atoms with Crippen molar-refractivity contribution in [2.45, 2.75) is 50.7 Å². The highest BCUT2D eigenvalue weighted by Gasteiger charge is 2.45. The van der Waals surface area contributed by atoms with Gasteiger partial charge in [0.05, 0.1) is 22.3 Å². The Balaban J connectivity index is 0.835. The fraction of sp³-hybridized carbons (Fsp3) is 0.359. The van der Waals surface area contributed by atoms with Crippen molar-refractivity contribution in [1.29, 1.82) is 0 Å². The molecular formula is C39H36ClF2N7O7. The van der Waals surface area contributed by atoms with Gasteiger partial charge in [-0.1, -0.05) is 23.7 Å². The lowest BCUT2D eigenvalue weighted by Crippen LogP contribution is -2.54. The summed E-state index contributed by atoms with van der Waals surface area (Å²) < 4.78 is 32.4. The van der Waals surface area contributed by atoms with Crippen LogP contribution in [0.3, 0.4) is 0 Å². The average molecular weight is 788 g/mol. The Bertz CT molecular complexity index is 2290. The molecule has 290 valence electrons. The molecule has 17 heteroatoms. The zero-order valence-corrected chi connectivity index (χ0v) is 30.7. The quantitative estimate of drug-likeness (QED) is 0.239. The van der Waals surface area contributed by atoms with E-state index in [2.05, 4.69) is 20.2 Å². The number of benzene rings is 2. The molecule has 1 unspecified atom stereocenters. The predicted octanol–water partition coefficient (Wildman–Crippen LogP) is 3.95. The summed E-state index contributed by atoms with van der Waals surface area (Å²) in [6.45, 7) is 1.40. The van der Waals surface area contributed by atoms with Crippen LogP contribution in [0, 0.1) is 0 Å². The number of piperidine rings is 2. The normalized spacial score (nSPS) is 19.4. The van der Waals surface area contributed by atoms with Crippen molar-refractivity contribution in [3.8, 4) is 11.1 Å². The summed E-state index contributed by atoms with van der Waals surface area (Å²) >= 11 is 6.72. The van der Waals surface area contributed by atoms with Crippen molar-refractivity contribution in [2.75, 3.05) is 49.1 Å². The summed E-state index contributed by atoms with van der Waals surface area (Å²) in [6.07, 6.45) is 1.17. The molecule has 8 rings (SSSR count). The smallest absolute Gasteiger partial charge is 0.262 e. The van der Waals surface area contributed by atoms with Crippen LogP contribution in [0.25, 0.3) is 22.2 Å². The second kappa shape index (κ2) is 15.1. The third-order valence-corrected chi connectivity index (χ3v) is 11.2. The van der Waals surface area contributed by atoms with Gasteiger partial charge in [-0.2, -0.15) is 0 Å². The minimum absolute atomic E-state index is 0.0447. The highest BCUT2D eigenvalue weighted by molar-refractivity contribution is 6.38. The number of aromatic nitrogens is 2. The van der Waals surface area contributed by atoms with Gasteiger partial charge in [-0.05, 0) is 60.7 Å². The lowest BCUT2D eigenvalue weighted by atomic mass is 10.0. The standard InChI is InChI=1S/C39H36ClF2N7O7/c40-35-28(18-44-36-34(35)22(17-43-36)15-30(41)42)21-2-1-3-24(14-21)48-13-12-47(19-32(48)51)33(52)20-56-25-8-10-46(11-9-25)23-4-5-26-27(16-23)39(55)49(38(26)54)29-6-7-31(50)45-37(29)53/h1-5,14,16-18,25,29-30H,6-13,15,19-20H2,(H,43,44)(H,45,50,53). The number of fused-ring (bicyclic) bond motifs is 2. The fourth-order valence-corrected chi connectivity index (χ4v) is 8.23. The molecular weight excluding hydrogens is 752 g/mol. The van der Waals surface area contributed by atoms with E-state index in [1.54, 1.807) is 53.6 Å². The molecule has 14 nitrogen and oxygen atoms in total. The van der Waals surface area contributed by atoms with E-state index in [1.165, 1.54) is 11.1 Å². The molecule has 4 aliphatic heterocycles. The molecule has 0 radical (unpaired) electrons. The molecule has 0 aliphatic carbocycles. The second-order valence-electron chi connectivity index (χ2n) is 14.2. The molecule has 2 aromatic heterocycles. The van der Waals surface area contributed by atoms with Gasteiger partial charge in [-0.25, -0.2) is 13.8 Å². The molecule has 1 atom stereocenters. The number of amides is 6. The highest BCUT2D eigenvalue weighted by atomic mass is 35.5. The number of carbonyl (C=O) groups excluding carboxylic acids is 6. The van der Waals surface area contributed by atoms with E-state index in [4.69, 9.17) is 16.3 Å². The van der Waals surface area contributed by atoms with Crippen LogP contribution in [0.5, 0.6) is 0 Å². The molecule has 4 aliphatic rings. The first kappa shape index (κ1) is 37.2. The number of rotatable bonds is 9. The van der Waals surface area contributed by atoms with Crippen LogP contribution in [0.15, 0.2) is 54.9 Å². The maximum absolute atomic E-state index is 13.3. The van der Waals surface area contributed by atoms with Crippen LogP contribution in [-0.2, 0) is 30.3 Å². The Hall–Kier alpha value is -5.74. The monoisotopic (exact) mass is 787 g/mol. The molecule has 0 spiro atoms. The van der Waals surface area contributed by atoms with Gasteiger partial charge in [0, 0.05) is 73.7 Å². The molecule has 0 bridgehead atoms. The summed E-state index contributed by atoms with van der Waals surface area (Å²) in [5.41, 5.74) is 3.75. The number of aromatic amines is 1. The zero-order valence-electron chi connectivity index (χ0n) is 29.9. The van der Waals surface area contributed by atoms with Gasteiger partial charge in [0.2, 0.25) is 30.1 Å². The Morgan fingerprint density at radius 2 is 1.71 bits per heavy atom. The maximum atomic E-state index is 13.3. The van der Waals surface area contributed by atoms with E-state index in [0.29, 0.717) is 65.9 Å². The number of hydrogen-bond acceptors (Lipinski definition) is 9. The number of nitrogens with one attached hydrogen (secondary N) is 2. The number of hydrogen-bond donors (Lipinski definition) is 2.